The molecule has 1 saturated heterocycles. The Kier molecular flexibility index (Phi) is 11.4. The molecule has 0 amide bonds. The Morgan fingerprint density at radius 1 is 0.511 bits per heavy atom. The summed E-state index contributed by atoms with van der Waals surface area (Å²) in [6, 6.07) is 44.0. The van der Waals surface area contributed by atoms with Gasteiger partial charge in [-0.25, -0.2) is 0 Å². The van der Waals surface area contributed by atoms with Gasteiger partial charge in [-0.3, -0.25) is 4.99 Å². The van der Waals surface area contributed by atoms with Crippen LogP contribution in [0.3, 0.4) is 0 Å². The van der Waals surface area contributed by atoms with Crippen LogP contribution < -0.4 is 5.32 Å². The van der Waals surface area contributed by atoms with E-state index in [9.17, 15) is 0 Å². The van der Waals surface area contributed by atoms with Gasteiger partial charge in [0.05, 0.1) is 5.69 Å². The van der Waals surface area contributed by atoms with Crippen LogP contribution in [0.1, 0.15) is 62.9 Å². The summed E-state index contributed by atoms with van der Waals surface area (Å²) in [4.78, 5) is 4.73. The smallest absolute Gasteiger partial charge is 0.0630 e. The summed E-state index contributed by atoms with van der Waals surface area (Å²) in [6.07, 6.45) is 17.6. The molecule has 6 rings (SSSR count). The minimum atomic E-state index is 0.716. The van der Waals surface area contributed by atoms with Gasteiger partial charge < -0.3 is 5.32 Å². The summed E-state index contributed by atoms with van der Waals surface area (Å²) in [5.41, 5.74) is 12.6. The Balaban J connectivity index is 0.925. The number of aryl methyl sites for hydroxylation is 5. The van der Waals surface area contributed by atoms with Crippen LogP contribution in [0.5, 0.6) is 0 Å². The van der Waals surface area contributed by atoms with Gasteiger partial charge in [-0.2, -0.15) is 0 Å². The summed E-state index contributed by atoms with van der Waals surface area (Å²) >= 11 is 0. The normalized spacial score (nSPS) is 14.1. The van der Waals surface area contributed by atoms with E-state index in [4.69, 9.17) is 4.99 Å². The molecular weight excluding hydrogens is 569 g/mol. The van der Waals surface area contributed by atoms with Gasteiger partial charge in [0.15, 0.2) is 0 Å². The van der Waals surface area contributed by atoms with Crippen molar-refractivity contribution in [1.29, 1.82) is 0 Å². The third-order valence-corrected chi connectivity index (χ3v) is 9.13. The van der Waals surface area contributed by atoms with Gasteiger partial charge in [0.25, 0.3) is 0 Å². The van der Waals surface area contributed by atoms with Gasteiger partial charge in [0.2, 0.25) is 0 Å². The van der Waals surface area contributed by atoms with Crippen molar-refractivity contribution in [1.82, 2.24) is 5.32 Å². The minimum absolute atomic E-state index is 0.716. The molecule has 1 heterocycles. The largest absolute Gasteiger partial charge is 0.317 e. The van der Waals surface area contributed by atoms with Crippen molar-refractivity contribution in [2.75, 3.05) is 13.1 Å². The van der Waals surface area contributed by atoms with Crippen LogP contribution in [0.4, 0.5) is 5.69 Å². The molecule has 1 fully saturated rings. The number of allylic oxidation sites excluding steroid dienone is 1. The molecule has 5 aromatic rings. The van der Waals surface area contributed by atoms with Crippen LogP contribution in [-0.4, -0.2) is 19.3 Å². The second kappa shape index (κ2) is 16.7. The number of aliphatic imine (C=N–C) groups is 1. The molecule has 0 saturated carbocycles. The van der Waals surface area contributed by atoms with Crippen LogP contribution in [0.15, 0.2) is 132 Å². The van der Waals surface area contributed by atoms with Crippen molar-refractivity contribution in [3.63, 3.8) is 0 Å². The summed E-state index contributed by atoms with van der Waals surface area (Å²) < 4.78 is 0. The first-order valence-corrected chi connectivity index (χ1v) is 17.2. The molecule has 236 valence electrons. The van der Waals surface area contributed by atoms with E-state index in [1.54, 1.807) is 0 Å². The Morgan fingerprint density at radius 3 is 1.40 bits per heavy atom. The summed E-state index contributed by atoms with van der Waals surface area (Å²) in [5, 5.41) is 3.44. The number of piperidine rings is 1. The van der Waals surface area contributed by atoms with E-state index in [-0.39, 0.29) is 0 Å². The molecule has 2 heteroatoms. The highest BCUT2D eigenvalue weighted by Gasteiger charge is 2.09. The van der Waals surface area contributed by atoms with Gasteiger partial charge in [0.1, 0.15) is 0 Å². The second-order valence-electron chi connectivity index (χ2n) is 12.8. The maximum Gasteiger partial charge on any atom is 0.0630 e. The predicted octanol–water partition coefficient (Wildman–Crippen LogP) is 10.5. The van der Waals surface area contributed by atoms with Gasteiger partial charge in [-0.15, -0.1) is 0 Å². The van der Waals surface area contributed by atoms with E-state index in [2.05, 4.69) is 158 Å². The Morgan fingerprint density at radius 2 is 0.915 bits per heavy atom. The fourth-order valence-corrected chi connectivity index (χ4v) is 5.99. The van der Waals surface area contributed by atoms with Crippen molar-refractivity contribution >= 4 is 30.1 Å². The zero-order valence-corrected chi connectivity index (χ0v) is 27.6. The van der Waals surface area contributed by atoms with Gasteiger partial charge in [-0.05, 0) is 121 Å². The van der Waals surface area contributed by atoms with Crippen molar-refractivity contribution in [2.24, 2.45) is 10.9 Å². The summed E-state index contributed by atoms with van der Waals surface area (Å²) in [6.45, 7) is 4.40. The topological polar surface area (TPSA) is 24.4 Å². The quantitative estimate of drug-likeness (QED) is 0.110. The van der Waals surface area contributed by atoms with Crippen molar-refractivity contribution in [2.45, 2.75) is 45.4 Å². The average molecular weight is 615 g/mol. The van der Waals surface area contributed by atoms with E-state index in [1.807, 2.05) is 6.21 Å². The summed E-state index contributed by atoms with van der Waals surface area (Å²) in [5.74, 6) is 0.716. The highest BCUT2D eigenvalue weighted by Crippen LogP contribution is 2.18. The molecule has 1 N–H and O–H groups in total. The lowest BCUT2D eigenvalue weighted by Crippen LogP contribution is -2.26. The summed E-state index contributed by atoms with van der Waals surface area (Å²) in [7, 11) is 0. The molecular formula is C45H46N2. The van der Waals surface area contributed by atoms with E-state index < -0.39 is 0 Å². The lowest BCUT2D eigenvalue weighted by Gasteiger charge is -2.19. The minimum Gasteiger partial charge on any atom is -0.317 e. The van der Waals surface area contributed by atoms with Crippen LogP contribution in [-0.2, 0) is 25.7 Å². The van der Waals surface area contributed by atoms with Crippen LogP contribution in [0, 0.1) is 12.8 Å². The molecule has 0 unspecified atom stereocenters. The SMILES string of the molecule is Cc1ccc(C=Cc2ccc(CCc3ccc(N=Cc4ccc(CCc5ccc(C=CC6CCNCC6)cc5)cc4)cc3)cc2)cc1. The van der Waals surface area contributed by atoms with Gasteiger partial charge in [-0.1, -0.05) is 139 Å². The Labute approximate surface area is 281 Å². The van der Waals surface area contributed by atoms with E-state index >= 15 is 0 Å². The second-order valence-corrected chi connectivity index (χ2v) is 12.8. The number of hydrogen-bond acceptors (Lipinski definition) is 2. The number of hydrogen-bond donors (Lipinski definition) is 1. The fourth-order valence-electron chi connectivity index (χ4n) is 5.99. The zero-order valence-electron chi connectivity index (χ0n) is 27.6. The Bertz CT molecular complexity index is 1750. The first kappa shape index (κ1) is 32.2. The van der Waals surface area contributed by atoms with Gasteiger partial charge in [0, 0.05) is 6.21 Å². The molecule has 1 aliphatic heterocycles. The first-order valence-electron chi connectivity index (χ1n) is 17.2. The lowest BCUT2D eigenvalue weighted by molar-refractivity contribution is 0.438. The molecule has 0 bridgehead atoms. The number of benzene rings is 5. The molecule has 47 heavy (non-hydrogen) atoms. The van der Waals surface area contributed by atoms with Crippen LogP contribution in [0.25, 0.3) is 18.2 Å². The van der Waals surface area contributed by atoms with E-state index in [1.165, 1.54) is 57.3 Å². The van der Waals surface area contributed by atoms with Crippen molar-refractivity contribution in [3.8, 4) is 0 Å². The molecule has 0 aromatic heterocycles. The van der Waals surface area contributed by atoms with Gasteiger partial charge >= 0.3 is 0 Å². The molecule has 0 spiro atoms. The molecule has 2 nitrogen and oxygen atoms in total. The van der Waals surface area contributed by atoms with Crippen LogP contribution in [0.2, 0.25) is 0 Å². The molecule has 0 atom stereocenters. The molecule has 0 aliphatic carbocycles. The third-order valence-electron chi connectivity index (χ3n) is 9.13. The maximum absolute atomic E-state index is 4.73. The van der Waals surface area contributed by atoms with Crippen LogP contribution >= 0.6 is 0 Å². The third kappa shape index (κ3) is 10.4. The average Bonchev–Trinajstić information content (AvgIpc) is 3.13. The fraction of sp³-hybridized carbons (Fsp3) is 0.222. The molecule has 0 radical (unpaired) electrons. The molecule has 5 aromatic carbocycles. The maximum atomic E-state index is 4.73. The zero-order chi connectivity index (χ0) is 32.1. The number of nitrogens with one attached hydrogen (secondary N) is 1. The highest BCUT2D eigenvalue weighted by molar-refractivity contribution is 5.82. The Hall–Kier alpha value is -4.79. The van der Waals surface area contributed by atoms with Crippen molar-refractivity contribution in [3.05, 3.63) is 177 Å². The first-order chi connectivity index (χ1) is 23.1. The predicted molar refractivity (Wildman–Crippen MR) is 203 cm³/mol. The highest BCUT2D eigenvalue weighted by atomic mass is 14.9. The van der Waals surface area contributed by atoms with E-state index in [0.29, 0.717) is 5.92 Å². The monoisotopic (exact) mass is 614 g/mol. The number of nitrogens with zero attached hydrogens (tertiary/aromatic N) is 1. The van der Waals surface area contributed by atoms with Crippen molar-refractivity contribution < 1.29 is 0 Å². The number of rotatable bonds is 12. The molecule has 1 aliphatic rings. The van der Waals surface area contributed by atoms with E-state index in [0.717, 1.165) is 50.0 Å². The lowest BCUT2D eigenvalue weighted by atomic mass is 9.96. The standard InChI is InChI=1S/C45H46N2/c1-35-2-4-36(5-3-35)6-7-37-8-10-39(11-9-37)18-19-42-26-28-45(29-27-42)47-34-44-24-22-41(23-25-44)17-16-38-12-14-40(15-13-38)20-21-43-30-32-46-33-31-43/h2-15,20-29,34,43,46H,16-19,30-33H2,1H3.